The summed E-state index contributed by atoms with van der Waals surface area (Å²) in [6, 6.07) is 0. The molecular formula is C29H46O. The van der Waals surface area contributed by atoms with Gasteiger partial charge in [0.25, 0.3) is 0 Å². The van der Waals surface area contributed by atoms with E-state index in [-0.39, 0.29) is 5.41 Å². The summed E-state index contributed by atoms with van der Waals surface area (Å²) in [5, 5.41) is 0. The second-order valence-electron chi connectivity index (χ2n) is 13.7. The Bertz CT molecular complexity index is 762. The molecule has 1 heteroatoms. The Morgan fingerprint density at radius 3 is 2.23 bits per heavy atom. The molecule has 0 radical (unpaired) electrons. The highest BCUT2D eigenvalue weighted by Crippen LogP contribution is 2.75. The molecule has 5 fully saturated rings. The fourth-order valence-corrected chi connectivity index (χ4v) is 11.0. The van der Waals surface area contributed by atoms with Gasteiger partial charge in [-0.1, -0.05) is 46.8 Å². The van der Waals surface area contributed by atoms with E-state index in [2.05, 4.69) is 48.1 Å². The van der Waals surface area contributed by atoms with E-state index in [1.54, 1.807) is 0 Å². The molecular weight excluding hydrogens is 364 g/mol. The van der Waals surface area contributed by atoms with Gasteiger partial charge in [0.15, 0.2) is 0 Å². The molecule has 0 aromatic heterocycles. The van der Waals surface area contributed by atoms with Crippen LogP contribution in [-0.2, 0) is 4.79 Å². The van der Waals surface area contributed by atoms with Gasteiger partial charge in [-0.2, -0.15) is 0 Å². The monoisotopic (exact) mass is 410 g/mol. The summed E-state index contributed by atoms with van der Waals surface area (Å²) in [5.74, 6) is 5.42. The molecule has 9 unspecified atom stereocenters. The summed E-state index contributed by atoms with van der Waals surface area (Å²) in [6.45, 7) is 19.3. The first-order valence-corrected chi connectivity index (χ1v) is 13.2. The minimum Gasteiger partial charge on any atom is -0.299 e. The lowest BCUT2D eigenvalue weighted by Crippen LogP contribution is -2.65. The molecule has 5 rings (SSSR count). The van der Waals surface area contributed by atoms with Gasteiger partial charge in [0.05, 0.1) is 0 Å². The summed E-state index contributed by atoms with van der Waals surface area (Å²) in [4.78, 5) is 12.9. The number of carbonyl (C=O) groups excluding carboxylic acids is 1. The van der Waals surface area contributed by atoms with Crippen LogP contribution in [0.3, 0.4) is 0 Å². The van der Waals surface area contributed by atoms with Crippen LogP contribution in [0.4, 0.5) is 0 Å². The topological polar surface area (TPSA) is 17.1 Å². The number of allylic oxidation sites excluding steroid dienone is 1. The normalized spacial score (nSPS) is 54.5. The Morgan fingerprint density at radius 1 is 0.833 bits per heavy atom. The van der Waals surface area contributed by atoms with Crippen LogP contribution in [0.5, 0.6) is 0 Å². The molecule has 0 aliphatic heterocycles. The first-order valence-electron chi connectivity index (χ1n) is 13.2. The van der Waals surface area contributed by atoms with E-state index < -0.39 is 0 Å². The zero-order valence-corrected chi connectivity index (χ0v) is 20.7. The van der Waals surface area contributed by atoms with E-state index in [0.29, 0.717) is 27.9 Å². The van der Waals surface area contributed by atoms with Gasteiger partial charge in [-0.05, 0) is 116 Å². The van der Waals surface area contributed by atoms with Crippen molar-refractivity contribution in [1.82, 2.24) is 0 Å². The highest BCUT2D eigenvalue weighted by molar-refractivity contribution is 5.85. The molecule has 9 atom stereocenters. The number of fused-ring (bicyclic) bond motifs is 7. The number of Topliss-reactive ketones (excluding diaryl/α,β-unsaturated/α-hetero) is 1. The molecule has 30 heavy (non-hydrogen) atoms. The number of rotatable bonds is 1. The van der Waals surface area contributed by atoms with E-state index in [0.717, 1.165) is 42.4 Å². The maximum atomic E-state index is 12.9. The highest BCUT2D eigenvalue weighted by atomic mass is 16.1. The van der Waals surface area contributed by atoms with Crippen LogP contribution in [0.25, 0.3) is 0 Å². The molecule has 0 saturated heterocycles. The molecule has 0 heterocycles. The Hall–Kier alpha value is -0.590. The molecule has 168 valence electrons. The molecule has 5 aliphatic rings. The minimum absolute atomic E-state index is 0.125. The second kappa shape index (κ2) is 6.48. The first kappa shape index (κ1) is 21.3. The lowest BCUT2D eigenvalue weighted by Gasteiger charge is -2.71. The average Bonchev–Trinajstić information content (AvgIpc) is 3.10. The van der Waals surface area contributed by atoms with Gasteiger partial charge in [0.2, 0.25) is 0 Å². The molecule has 0 spiro atoms. The van der Waals surface area contributed by atoms with Gasteiger partial charge >= 0.3 is 0 Å². The maximum Gasteiger partial charge on any atom is 0.138 e. The van der Waals surface area contributed by atoms with Gasteiger partial charge < -0.3 is 0 Å². The Labute approximate surface area is 185 Å². The average molecular weight is 411 g/mol. The molecule has 0 aromatic carbocycles. The minimum atomic E-state index is -0.125. The van der Waals surface area contributed by atoms with Gasteiger partial charge in [-0.15, -0.1) is 0 Å². The molecule has 0 N–H and O–H groups in total. The first-order chi connectivity index (χ1) is 14.0. The van der Waals surface area contributed by atoms with Crippen LogP contribution in [-0.4, -0.2) is 5.78 Å². The van der Waals surface area contributed by atoms with Crippen LogP contribution in [0.1, 0.15) is 106 Å². The van der Waals surface area contributed by atoms with Crippen LogP contribution < -0.4 is 0 Å². The Morgan fingerprint density at radius 2 is 1.53 bits per heavy atom. The lowest BCUT2D eigenvalue weighted by atomic mass is 9.33. The fraction of sp³-hybridized carbons (Fsp3) is 0.897. The third-order valence-corrected chi connectivity index (χ3v) is 12.7. The fourth-order valence-electron chi connectivity index (χ4n) is 11.0. The molecule has 5 aliphatic carbocycles. The van der Waals surface area contributed by atoms with Crippen molar-refractivity contribution in [3.63, 3.8) is 0 Å². The summed E-state index contributed by atoms with van der Waals surface area (Å²) >= 11 is 0. The second-order valence-corrected chi connectivity index (χ2v) is 13.7. The van der Waals surface area contributed by atoms with Crippen LogP contribution in [0.15, 0.2) is 12.2 Å². The highest BCUT2D eigenvalue weighted by Gasteiger charge is 2.69. The molecule has 0 amide bonds. The van der Waals surface area contributed by atoms with Crippen molar-refractivity contribution in [1.29, 1.82) is 0 Å². The van der Waals surface area contributed by atoms with Gasteiger partial charge in [0.1, 0.15) is 5.78 Å². The van der Waals surface area contributed by atoms with Crippen LogP contribution >= 0.6 is 0 Å². The summed E-state index contributed by atoms with van der Waals surface area (Å²) in [7, 11) is 0. The number of hydrogen-bond acceptors (Lipinski definition) is 1. The summed E-state index contributed by atoms with van der Waals surface area (Å²) in [6.07, 6.45) is 13.1. The molecule has 0 aromatic rings. The zero-order valence-electron chi connectivity index (χ0n) is 20.7. The van der Waals surface area contributed by atoms with Crippen molar-refractivity contribution in [3.8, 4) is 0 Å². The smallest absolute Gasteiger partial charge is 0.138 e. The van der Waals surface area contributed by atoms with Crippen molar-refractivity contribution in [2.24, 2.45) is 57.2 Å². The lowest BCUT2D eigenvalue weighted by molar-refractivity contribution is -0.225. The molecule has 5 saturated carbocycles. The standard InChI is InChI=1S/C29H46O/c1-18(2)20-9-8-19-12-16-28(6)21(25(19)20)10-11-23-27(5)15-14-24(30)26(3,4)22(27)13-17-29(23,28)7/h19-23,25H,1,8-17H2,2-7H3. The third kappa shape index (κ3) is 2.45. The Kier molecular flexibility index (Phi) is 4.59. The van der Waals surface area contributed by atoms with Crippen molar-refractivity contribution in [3.05, 3.63) is 12.2 Å². The summed E-state index contributed by atoms with van der Waals surface area (Å²) < 4.78 is 0. The van der Waals surface area contributed by atoms with E-state index in [9.17, 15) is 4.79 Å². The zero-order chi connectivity index (χ0) is 21.7. The van der Waals surface area contributed by atoms with Crippen molar-refractivity contribution in [2.75, 3.05) is 0 Å². The van der Waals surface area contributed by atoms with E-state index in [4.69, 9.17) is 0 Å². The van der Waals surface area contributed by atoms with Crippen molar-refractivity contribution >= 4 is 5.78 Å². The maximum absolute atomic E-state index is 12.9. The SMILES string of the molecule is C=C(C)C1CCC2CCC3(C)C(CCC4C5(C)CCC(=O)C(C)(C)C5CCC43C)C21. The van der Waals surface area contributed by atoms with Crippen molar-refractivity contribution in [2.45, 2.75) is 106 Å². The Balaban J connectivity index is 1.53. The largest absolute Gasteiger partial charge is 0.299 e. The van der Waals surface area contributed by atoms with Gasteiger partial charge in [-0.25, -0.2) is 0 Å². The van der Waals surface area contributed by atoms with Crippen molar-refractivity contribution < 1.29 is 4.79 Å². The van der Waals surface area contributed by atoms with Gasteiger partial charge in [-0.3, -0.25) is 4.79 Å². The molecule has 0 bridgehead atoms. The van der Waals surface area contributed by atoms with E-state index >= 15 is 0 Å². The molecule has 1 nitrogen and oxygen atoms in total. The third-order valence-electron chi connectivity index (χ3n) is 12.7. The quantitative estimate of drug-likeness (QED) is 0.402. The summed E-state index contributed by atoms with van der Waals surface area (Å²) in [5.41, 5.74) is 2.58. The number of hydrogen-bond donors (Lipinski definition) is 0. The predicted octanol–water partition coefficient (Wildman–Crippen LogP) is 7.84. The van der Waals surface area contributed by atoms with Crippen LogP contribution in [0.2, 0.25) is 0 Å². The predicted molar refractivity (Wildman–Crippen MR) is 125 cm³/mol. The van der Waals surface area contributed by atoms with E-state index in [1.807, 2.05) is 0 Å². The number of ketones is 1. The van der Waals surface area contributed by atoms with Gasteiger partial charge in [0, 0.05) is 11.8 Å². The van der Waals surface area contributed by atoms with Crippen LogP contribution in [0, 0.1) is 57.2 Å². The van der Waals surface area contributed by atoms with E-state index in [1.165, 1.54) is 56.9 Å². The number of carbonyl (C=O) groups is 1.